The number of pyridine rings is 1. The second-order valence-electron chi connectivity index (χ2n) is 4.64. The molecule has 3 aromatic rings. The molecule has 0 aliphatic rings. The number of aromatic nitrogens is 3. The van der Waals surface area contributed by atoms with E-state index in [0.717, 1.165) is 28.2 Å². The Bertz CT molecular complexity index is 746. The summed E-state index contributed by atoms with van der Waals surface area (Å²) in [5.41, 5.74) is 5.15. The molecule has 4 heteroatoms. The number of nitrogens with zero attached hydrogens (tertiary/aromatic N) is 3. The maximum absolute atomic E-state index is 6.03. The quantitative estimate of drug-likeness (QED) is 0.664. The van der Waals surface area contributed by atoms with Crippen LogP contribution >= 0.6 is 11.6 Å². The van der Waals surface area contributed by atoms with Gasteiger partial charge in [-0.25, -0.2) is 9.97 Å². The molecule has 3 nitrogen and oxygen atoms in total. The van der Waals surface area contributed by atoms with Crippen molar-refractivity contribution in [2.75, 3.05) is 0 Å². The van der Waals surface area contributed by atoms with Gasteiger partial charge in [-0.2, -0.15) is 0 Å². The van der Waals surface area contributed by atoms with E-state index in [4.69, 9.17) is 11.6 Å². The van der Waals surface area contributed by atoms with Crippen LogP contribution in [0.5, 0.6) is 0 Å². The molecule has 0 unspecified atom stereocenters. The number of imidazole rings is 1. The molecule has 0 bridgehead atoms. The van der Waals surface area contributed by atoms with Crippen LogP contribution in [-0.2, 0) is 5.88 Å². The minimum Gasteiger partial charge on any atom is -0.280 e. The molecule has 96 valence electrons. The number of hydrogen-bond acceptors (Lipinski definition) is 2. The molecule has 0 spiro atoms. The number of hydrogen-bond donors (Lipinski definition) is 0. The van der Waals surface area contributed by atoms with Gasteiger partial charge in [0.05, 0.1) is 5.88 Å². The van der Waals surface area contributed by atoms with Crippen LogP contribution in [0.3, 0.4) is 0 Å². The third-order valence-electron chi connectivity index (χ3n) is 3.20. The third kappa shape index (κ3) is 2.00. The van der Waals surface area contributed by atoms with Gasteiger partial charge in [0.15, 0.2) is 5.65 Å². The first-order chi connectivity index (χ1) is 9.20. The molecular formula is C15H14ClN3. The van der Waals surface area contributed by atoms with Crippen LogP contribution in [0, 0.1) is 13.8 Å². The van der Waals surface area contributed by atoms with Crippen LogP contribution in [0.1, 0.15) is 17.0 Å². The summed E-state index contributed by atoms with van der Waals surface area (Å²) < 4.78 is 2.03. The van der Waals surface area contributed by atoms with E-state index in [1.807, 2.05) is 35.9 Å². The van der Waals surface area contributed by atoms with E-state index in [1.165, 1.54) is 5.56 Å². The zero-order valence-electron chi connectivity index (χ0n) is 10.9. The van der Waals surface area contributed by atoms with Crippen molar-refractivity contribution in [1.29, 1.82) is 0 Å². The maximum atomic E-state index is 6.03. The Morgan fingerprint density at radius 3 is 2.79 bits per heavy atom. The molecule has 0 radical (unpaired) electrons. The molecule has 0 atom stereocenters. The van der Waals surface area contributed by atoms with Crippen molar-refractivity contribution in [3.63, 3.8) is 0 Å². The fraction of sp³-hybridized carbons (Fsp3) is 0.200. The minimum absolute atomic E-state index is 0.365. The predicted molar refractivity (Wildman–Crippen MR) is 77.9 cm³/mol. The van der Waals surface area contributed by atoms with Crippen LogP contribution in [0.2, 0.25) is 0 Å². The van der Waals surface area contributed by atoms with Crippen LogP contribution in [0.15, 0.2) is 36.5 Å². The highest BCUT2D eigenvalue weighted by molar-refractivity contribution is 6.17. The Balaban J connectivity index is 2.36. The fourth-order valence-corrected chi connectivity index (χ4v) is 2.45. The minimum atomic E-state index is 0.365. The second kappa shape index (κ2) is 4.67. The summed E-state index contributed by atoms with van der Waals surface area (Å²) in [7, 11) is 0. The summed E-state index contributed by atoms with van der Waals surface area (Å²) in [6.07, 6.45) is 1.81. The van der Waals surface area contributed by atoms with E-state index in [0.29, 0.717) is 5.88 Å². The topological polar surface area (TPSA) is 30.7 Å². The van der Waals surface area contributed by atoms with Gasteiger partial charge < -0.3 is 0 Å². The first-order valence-electron chi connectivity index (χ1n) is 6.16. The molecule has 0 saturated heterocycles. The highest BCUT2D eigenvalue weighted by Crippen LogP contribution is 2.23. The molecule has 2 aromatic heterocycles. The van der Waals surface area contributed by atoms with Crippen molar-refractivity contribution in [3.05, 3.63) is 53.5 Å². The molecule has 0 amide bonds. The Hall–Kier alpha value is -1.87. The first kappa shape index (κ1) is 12.2. The predicted octanol–water partition coefficient (Wildman–Crippen LogP) is 3.78. The Morgan fingerprint density at radius 2 is 2.05 bits per heavy atom. The lowest BCUT2D eigenvalue weighted by atomic mass is 10.2. The number of rotatable bonds is 2. The van der Waals surface area contributed by atoms with Crippen molar-refractivity contribution in [2.45, 2.75) is 19.7 Å². The molecule has 19 heavy (non-hydrogen) atoms. The Morgan fingerprint density at radius 1 is 1.21 bits per heavy atom. The van der Waals surface area contributed by atoms with Gasteiger partial charge in [-0.15, -0.1) is 11.6 Å². The lowest BCUT2D eigenvalue weighted by Crippen LogP contribution is -2.00. The zero-order chi connectivity index (χ0) is 13.4. The van der Waals surface area contributed by atoms with Crippen molar-refractivity contribution < 1.29 is 0 Å². The van der Waals surface area contributed by atoms with Crippen LogP contribution in [0.4, 0.5) is 0 Å². The molecule has 3 rings (SSSR count). The smallest absolute Gasteiger partial charge is 0.164 e. The number of benzene rings is 1. The fourth-order valence-electron chi connectivity index (χ4n) is 2.27. The van der Waals surface area contributed by atoms with Crippen molar-refractivity contribution >= 4 is 22.8 Å². The average molecular weight is 272 g/mol. The van der Waals surface area contributed by atoms with E-state index < -0.39 is 0 Å². The lowest BCUT2D eigenvalue weighted by molar-refractivity contribution is 0.968. The molecule has 0 aliphatic heterocycles. The van der Waals surface area contributed by atoms with E-state index in [-0.39, 0.29) is 0 Å². The largest absolute Gasteiger partial charge is 0.280 e. The van der Waals surface area contributed by atoms with Crippen LogP contribution < -0.4 is 0 Å². The van der Waals surface area contributed by atoms with Gasteiger partial charge in [-0.05, 0) is 43.2 Å². The summed E-state index contributed by atoms with van der Waals surface area (Å²) in [4.78, 5) is 9.06. The SMILES string of the molecule is Cc1cccc(-n2c(CCl)nc3c(C)ccnc32)c1. The molecule has 1 aromatic carbocycles. The molecule has 0 fully saturated rings. The highest BCUT2D eigenvalue weighted by atomic mass is 35.5. The number of aryl methyl sites for hydroxylation is 2. The van der Waals surface area contributed by atoms with Crippen molar-refractivity contribution in [3.8, 4) is 5.69 Å². The number of fused-ring (bicyclic) bond motifs is 1. The first-order valence-corrected chi connectivity index (χ1v) is 6.70. The van der Waals surface area contributed by atoms with Gasteiger partial charge in [-0.1, -0.05) is 12.1 Å². The van der Waals surface area contributed by atoms with Crippen LogP contribution in [-0.4, -0.2) is 14.5 Å². The van der Waals surface area contributed by atoms with Gasteiger partial charge in [0.1, 0.15) is 11.3 Å². The maximum Gasteiger partial charge on any atom is 0.164 e. The molecule has 0 saturated carbocycles. The van der Waals surface area contributed by atoms with Gasteiger partial charge in [0.2, 0.25) is 0 Å². The molecule has 2 heterocycles. The molecular weight excluding hydrogens is 258 g/mol. The second-order valence-corrected chi connectivity index (χ2v) is 4.90. The van der Waals surface area contributed by atoms with Gasteiger partial charge in [-0.3, -0.25) is 4.57 Å². The number of halogens is 1. The van der Waals surface area contributed by atoms with E-state index in [9.17, 15) is 0 Å². The number of alkyl halides is 1. The van der Waals surface area contributed by atoms with Gasteiger partial charge >= 0.3 is 0 Å². The van der Waals surface area contributed by atoms with Crippen LogP contribution in [0.25, 0.3) is 16.9 Å². The monoisotopic (exact) mass is 271 g/mol. The Kier molecular flexibility index (Phi) is 2.99. The zero-order valence-corrected chi connectivity index (χ0v) is 11.6. The normalized spacial score (nSPS) is 11.1. The Labute approximate surface area is 116 Å². The summed E-state index contributed by atoms with van der Waals surface area (Å²) in [6, 6.07) is 10.2. The summed E-state index contributed by atoms with van der Waals surface area (Å²) in [6.45, 7) is 4.11. The summed E-state index contributed by atoms with van der Waals surface area (Å²) in [5, 5.41) is 0. The highest BCUT2D eigenvalue weighted by Gasteiger charge is 2.14. The van der Waals surface area contributed by atoms with Crippen molar-refractivity contribution in [1.82, 2.24) is 14.5 Å². The summed E-state index contributed by atoms with van der Waals surface area (Å²) in [5.74, 6) is 1.19. The average Bonchev–Trinajstić information content (AvgIpc) is 2.78. The summed E-state index contributed by atoms with van der Waals surface area (Å²) >= 11 is 6.03. The van der Waals surface area contributed by atoms with E-state index >= 15 is 0 Å². The van der Waals surface area contributed by atoms with E-state index in [2.05, 4.69) is 29.0 Å². The van der Waals surface area contributed by atoms with Gasteiger partial charge in [0, 0.05) is 11.9 Å². The van der Waals surface area contributed by atoms with Crippen molar-refractivity contribution in [2.24, 2.45) is 0 Å². The van der Waals surface area contributed by atoms with E-state index in [1.54, 1.807) is 0 Å². The molecule has 0 aliphatic carbocycles. The standard InChI is InChI=1S/C15H14ClN3/c1-10-4-3-5-12(8-10)19-13(9-16)18-14-11(2)6-7-17-15(14)19/h3-8H,9H2,1-2H3. The third-order valence-corrected chi connectivity index (χ3v) is 3.44. The van der Waals surface area contributed by atoms with Gasteiger partial charge in [0.25, 0.3) is 0 Å². The molecule has 0 N–H and O–H groups in total. The lowest BCUT2D eigenvalue weighted by Gasteiger charge is -2.07.